The molecule has 0 unspecified atom stereocenters. The van der Waals surface area contributed by atoms with Crippen LogP contribution in [0.5, 0.6) is 0 Å². The fraction of sp³-hybridized carbons (Fsp3) is 1.00. The maximum Gasteiger partial charge on any atom is 0.264 e. The summed E-state index contributed by atoms with van der Waals surface area (Å²) in [6, 6.07) is 0.582. The van der Waals surface area contributed by atoms with Crippen LogP contribution >= 0.6 is 0 Å². The van der Waals surface area contributed by atoms with Crippen molar-refractivity contribution >= 4 is 10.1 Å². The summed E-state index contributed by atoms with van der Waals surface area (Å²) in [6.45, 7) is 3.64. The second-order valence-electron chi connectivity index (χ2n) is 4.88. The molecule has 100 valence electrons. The molecule has 0 radical (unpaired) electrons. The van der Waals surface area contributed by atoms with Gasteiger partial charge in [0.1, 0.15) is 0 Å². The monoisotopic (exact) mass is 263 g/mol. The summed E-state index contributed by atoms with van der Waals surface area (Å²) in [5, 5.41) is 0. The number of hydrogen-bond acceptors (Lipinski definition) is 5. The van der Waals surface area contributed by atoms with Crippen LogP contribution in [0.25, 0.3) is 0 Å². The summed E-state index contributed by atoms with van der Waals surface area (Å²) in [6.07, 6.45) is 4.76. The van der Waals surface area contributed by atoms with Crippen molar-refractivity contribution in [3.8, 4) is 0 Å². The van der Waals surface area contributed by atoms with E-state index < -0.39 is 10.1 Å². The third-order valence-corrected chi connectivity index (χ3v) is 4.14. The fourth-order valence-electron chi connectivity index (χ4n) is 2.70. The van der Waals surface area contributed by atoms with E-state index in [2.05, 4.69) is 4.90 Å². The Morgan fingerprint density at radius 3 is 2.24 bits per heavy atom. The Kier molecular flexibility index (Phi) is 4.41. The van der Waals surface area contributed by atoms with Crippen LogP contribution in [0.15, 0.2) is 0 Å². The molecule has 0 aromatic rings. The zero-order chi connectivity index (χ0) is 12.3. The van der Waals surface area contributed by atoms with Crippen molar-refractivity contribution in [1.29, 1.82) is 0 Å². The Hall–Kier alpha value is -0.170. The molecule has 1 saturated heterocycles. The number of ether oxygens (including phenoxy) is 1. The molecular weight excluding hydrogens is 242 g/mol. The van der Waals surface area contributed by atoms with Gasteiger partial charge < -0.3 is 4.74 Å². The standard InChI is InChI=1S/C11H21NO4S/c1-17(13,14)16-11-4-2-10(3-5-11)12-6-8-15-9-7-12/h10-11H,2-9H2,1H3/t10-,11+. The van der Waals surface area contributed by atoms with Crippen molar-refractivity contribution in [2.75, 3.05) is 32.6 Å². The minimum Gasteiger partial charge on any atom is -0.379 e. The molecular formula is C11H21NO4S. The highest BCUT2D eigenvalue weighted by atomic mass is 32.2. The van der Waals surface area contributed by atoms with E-state index >= 15 is 0 Å². The van der Waals surface area contributed by atoms with Crippen LogP contribution in [0.3, 0.4) is 0 Å². The van der Waals surface area contributed by atoms with Gasteiger partial charge in [0.05, 0.1) is 25.6 Å². The zero-order valence-electron chi connectivity index (χ0n) is 10.3. The Morgan fingerprint density at radius 2 is 1.71 bits per heavy atom. The van der Waals surface area contributed by atoms with Gasteiger partial charge in [-0.2, -0.15) is 8.42 Å². The lowest BCUT2D eigenvalue weighted by Gasteiger charge is -2.38. The lowest BCUT2D eigenvalue weighted by atomic mass is 9.92. The Balaban J connectivity index is 1.77. The molecule has 1 heterocycles. The normalized spacial score (nSPS) is 32.5. The summed E-state index contributed by atoms with van der Waals surface area (Å²) in [4.78, 5) is 2.46. The van der Waals surface area contributed by atoms with Gasteiger partial charge in [-0.1, -0.05) is 0 Å². The first kappa shape index (κ1) is 13.3. The smallest absolute Gasteiger partial charge is 0.264 e. The lowest BCUT2D eigenvalue weighted by molar-refractivity contribution is -0.000402. The van der Waals surface area contributed by atoms with E-state index in [4.69, 9.17) is 8.92 Å². The molecule has 0 amide bonds. The third-order valence-electron chi connectivity index (χ3n) is 3.52. The van der Waals surface area contributed by atoms with Crippen LogP contribution in [0, 0.1) is 0 Å². The van der Waals surface area contributed by atoms with Crippen molar-refractivity contribution in [3.05, 3.63) is 0 Å². The summed E-state index contributed by atoms with van der Waals surface area (Å²) >= 11 is 0. The first-order valence-electron chi connectivity index (χ1n) is 6.24. The number of nitrogens with zero attached hydrogens (tertiary/aromatic N) is 1. The van der Waals surface area contributed by atoms with Gasteiger partial charge in [0.15, 0.2) is 0 Å². The van der Waals surface area contributed by atoms with Gasteiger partial charge in [-0.3, -0.25) is 9.08 Å². The van der Waals surface area contributed by atoms with Gasteiger partial charge in [0.2, 0.25) is 0 Å². The molecule has 0 aromatic carbocycles. The van der Waals surface area contributed by atoms with Crippen LogP contribution in [0.2, 0.25) is 0 Å². The molecule has 2 rings (SSSR count). The molecule has 6 heteroatoms. The number of rotatable bonds is 3. The molecule has 0 atom stereocenters. The van der Waals surface area contributed by atoms with Crippen LogP contribution in [-0.4, -0.2) is 58.0 Å². The van der Waals surface area contributed by atoms with Gasteiger partial charge in [0.25, 0.3) is 10.1 Å². The topological polar surface area (TPSA) is 55.8 Å². The molecule has 1 aliphatic carbocycles. The van der Waals surface area contributed by atoms with Crippen molar-refractivity contribution < 1.29 is 17.3 Å². The van der Waals surface area contributed by atoms with E-state index in [-0.39, 0.29) is 6.10 Å². The maximum atomic E-state index is 11.0. The first-order chi connectivity index (χ1) is 8.04. The van der Waals surface area contributed by atoms with Gasteiger partial charge in [-0.05, 0) is 25.7 Å². The highest BCUT2D eigenvalue weighted by Gasteiger charge is 2.28. The van der Waals surface area contributed by atoms with Crippen molar-refractivity contribution in [2.45, 2.75) is 37.8 Å². The first-order valence-corrected chi connectivity index (χ1v) is 8.06. The van der Waals surface area contributed by atoms with E-state index in [1.54, 1.807) is 0 Å². The van der Waals surface area contributed by atoms with Crippen LogP contribution < -0.4 is 0 Å². The summed E-state index contributed by atoms with van der Waals surface area (Å²) in [5.74, 6) is 0. The average molecular weight is 263 g/mol. The largest absolute Gasteiger partial charge is 0.379 e. The van der Waals surface area contributed by atoms with Crippen LogP contribution in [0.4, 0.5) is 0 Å². The van der Waals surface area contributed by atoms with E-state index in [1.165, 1.54) is 0 Å². The molecule has 0 bridgehead atoms. The van der Waals surface area contributed by atoms with Gasteiger partial charge in [-0.15, -0.1) is 0 Å². The minimum atomic E-state index is -3.30. The number of morpholine rings is 1. The van der Waals surface area contributed by atoms with Gasteiger partial charge >= 0.3 is 0 Å². The molecule has 2 fully saturated rings. The highest BCUT2D eigenvalue weighted by Crippen LogP contribution is 2.26. The summed E-state index contributed by atoms with van der Waals surface area (Å²) < 4.78 is 32.4. The van der Waals surface area contributed by atoms with Gasteiger partial charge in [0, 0.05) is 19.1 Å². The molecule has 0 N–H and O–H groups in total. The Morgan fingerprint density at radius 1 is 1.12 bits per heavy atom. The predicted octanol–water partition coefficient (Wildman–Crippen LogP) is 0.606. The number of hydrogen-bond donors (Lipinski definition) is 0. The molecule has 0 spiro atoms. The van der Waals surface area contributed by atoms with Crippen LogP contribution in [-0.2, 0) is 19.0 Å². The molecule has 1 aliphatic heterocycles. The molecule has 0 aromatic heterocycles. The zero-order valence-corrected chi connectivity index (χ0v) is 11.1. The molecule has 2 aliphatic rings. The third kappa shape index (κ3) is 4.21. The van der Waals surface area contributed by atoms with E-state index in [1.807, 2.05) is 0 Å². The second-order valence-corrected chi connectivity index (χ2v) is 6.48. The average Bonchev–Trinajstić information content (AvgIpc) is 2.29. The van der Waals surface area contributed by atoms with Crippen molar-refractivity contribution in [3.63, 3.8) is 0 Å². The maximum absolute atomic E-state index is 11.0. The summed E-state index contributed by atoms with van der Waals surface area (Å²) in [7, 11) is -3.30. The van der Waals surface area contributed by atoms with Gasteiger partial charge in [-0.25, -0.2) is 0 Å². The van der Waals surface area contributed by atoms with Crippen molar-refractivity contribution in [2.24, 2.45) is 0 Å². The Labute approximate surface area is 103 Å². The van der Waals surface area contributed by atoms with Crippen molar-refractivity contribution in [1.82, 2.24) is 4.90 Å². The minimum absolute atomic E-state index is 0.109. The second kappa shape index (κ2) is 5.65. The fourth-order valence-corrected chi connectivity index (χ4v) is 3.38. The quantitative estimate of drug-likeness (QED) is 0.698. The van der Waals surface area contributed by atoms with E-state index in [0.717, 1.165) is 58.2 Å². The van der Waals surface area contributed by atoms with E-state index in [9.17, 15) is 8.42 Å². The lowest BCUT2D eigenvalue weighted by Crippen LogP contribution is -2.45. The highest BCUT2D eigenvalue weighted by molar-refractivity contribution is 7.86. The predicted molar refractivity (Wildman–Crippen MR) is 64.4 cm³/mol. The Bertz CT molecular complexity index is 329. The molecule has 17 heavy (non-hydrogen) atoms. The summed E-state index contributed by atoms with van der Waals surface area (Å²) in [5.41, 5.74) is 0. The van der Waals surface area contributed by atoms with E-state index in [0.29, 0.717) is 6.04 Å². The molecule has 1 saturated carbocycles. The SMILES string of the molecule is CS(=O)(=O)O[C@H]1CC[C@@H](N2CCOCC2)CC1. The molecule has 5 nitrogen and oxygen atoms in total. The van der Waals surface area contributed by atoms with Crippen LogP contribution in [0.1, 0.15) is 25.7 Å².